The van der Waals surface area contributed by atoms with Crippen molar-refractivity contribution in [2.75, 3.05) is 32.5 Å². The van der Waals surface area contributed by atoms with Crippen LogP contribution in [0.3, 0.4) is 0 Å². The monoisotopic (exact) mass is 500 g/mol. The van der Waals surface area contributed by atoms with E-state index in [-0.39, 0.29) is 18.3 Å². The van der Waals surface area contributed by atoms with Gasteiger partial charge in [0.2, 0.25) is 0 Å². The van der Waals surface area contributed by atoms with Crippen molar-refractivity contribution in [3.63, 3.8) is 0 Å². The van der Waals surface area contributed by atoms with E-state index in [0.717, 1.165) is 53.3 Å². The van der Waals surface area contributed by atoms with Crippen molar-refractivity contribution < 1.29 is 19.0 Å². The van der Waals surface area contributed by atoms with E-state index in [1.165, 1.54) is 0 Å². The van der Waals surface area contributed by atoms with E-state index in [2.05, 4.69) is 20.1 Å². The Kier molecular flexibility index (Phi) is 8.62. The summed E-state index contributed by atoms with van der Waals surface area (Å²) in [5.41, 5.74) is 2.36. The predicted molar refractivity (Wildman–Crippen MR) is 136 cm³/mol. The number of piperidine rings is 1. The summed E-state index contributed by atoms with van der Waals surface area (Å²) in [4.78, 5) is 19.4. The average Bonchev–Trinajstić information content (AvgIpc) is 3.26. The van der Waals surface area contributed by atoms with E-state index in [9.17, 15) is 9.90 Å². The number of ether oxygens (including phenoxy) is 1. The van der Waals surface area contributed by atoms with E-state index in [4.69, 9.17) is 4.74 Å². The number of nitrogens with zero attached hydrogens (tertiary/aromatic N) is 3. The standard InChI is InChI=1S/C26H33FN4O3S/c1-17-25(15-29-30-17)35-12-11-31-10-8-18(19(16-31)13-26(32)33)3-5-23(27)21-7-9-28-24-6-4-20(34-2)14-22(21)24/h4,6-7,9,14-15,18-19,23H,3,5,8,10-13,16H2,1-2H3,(H,29,30)(H,32,33)/t18-,19+,23-/m1/s1. The van der Waals surface area contributed by atoms with Crippen molar-refractivity contribution in [3.05, 3.63) is 47.9 Å². The number of halogens is 1. The van der Waals surface area contributed by atoms with Gasteiger partial charge in [0.1, 0.15) is 11.9 Å². The quantitative estimate of drug-likeness (QED) is 0.347. The maximum Gasteiger partial charge on any atom is 0.303 e. The largest absolute Gasteiger partial charge is 0.497 e. The molecule has 1 fully saturated rings. The fourth-order valence-electron chi connectivity index (χ4n) is 5.04. The zero-order valence-electron chi connectivity index (χ0n) is 20.2. The molecule has 0 bridgehead atoms. The number of fused-ring (bicyclic) bond motifs is 1. The molecule has 1 saturated heterocycles. The number of benzene rings is 1. The minimum absolute atomic E-state index is 0.0309. The van der Waals surface area contributed by atoms with Crippen LogP contribution in [0.2, 0.25) is 0 Å². The van der Waals surface area contributed by atoms with Gasteiger partial charge in [-0.1, -0.05) is 0 Å². The van der Waals surface area contributed by atoms with Crippen molar-refractivity contribution >= 4 is 28.6 Å². The van der Waals surface area contributed by atoms with Gasteiger partial charge >= 0.3 is 5.97 Å². The highest BCUT2D eigenvalue weighted by molar-refractivity contribution is 7.99. The normalized spacial score (nSPS) is 19.6. The van der Waals surface area contributed by atoms with Gasteiger partial charge in [-0.25, -0.2) is 4.39 Å². The van der Waals surface area contributed by atoms with E-state index in [1.807, 2.05) is 31.3 Å². The number of hydrogen-bond acceptors (Lipinski definition) is 6. The van der Waals surface area contributed by atoms with E-state index < -0.39 is 12.1 Å². The number of aliphatic carboxylic acids is 1. The Morgan fingerprint density at radius 2 is 2.23 bits per heavy atom. The number of alkyl halides is 1. The molecular weight excluding hydrogens is 467 g/mol. The van der Waals surface area contributed by atoms with Crippen LogP contribution in [-0.2, 0) is 4.79 Å². The smallest absolute Gasteiger partial charge is 0.303 e. The van der Waals surface area contributed by atoms with Crippen LogP contribution in [0.5, 0.6) is 5.75 Å². The Morgan fingerprint density at radius 1 is 1.37 bits per heavy atom. The third-order valence-electron chi connectivity index (χ3n) is 6.97. The number of rotatable bonds is 11. The van der Waals surface area contributed by atoms with Gasteiger partial charge in [0.05, 0.1) is 18.3 Å². The number of hydrogen-bond donors (Lipinski definition) is 2. The third-order valence-corrected chi connectivity index (χ3v) is 8.08. The first-order valence-corrected chi connectivity index (χ1v) is 13.1. The van der Waals surface area contributed by atoms with E-state index in [0.29, 0.717) is 24.2 Å². The lowest BCUT2D eigenvalue weighted by atomic mass is 9.79. The number of aromatic nitrogens is 3. The predicted octanol–water partition coefficient (Wildman–Crippen LogP) is 5.27. The van der Waals surface area contributed by atoms with Gasteiger partial charge < -0.3 is 14.7 Å². The maximum absolute atomic E-state index is 15.4. The van der Waals surface area contributed by atoms with Crippen molar-refractivity contribution in [2.24, 2.45) is 11.8 Å². The van der Waals surface area contributed by atoms with E-state index >= 15 is 4.39 Å². The average molecular weight is 501 g/mol. The summed E-state index contributed by atoms with van der Waals surface area (Å²) >= 11 is 1.76. The first-order chi connectivity index (χ1) is 16.9. The molecule has 0 radical (unpaired) electrons. The molecule has 7 nitrogen and oxygen atoms in total. The minimum atomic E-state index is -1.13. The highest BCUT2D eigenvalue weighted by atomic mass is 32.2. The van der Waals surface area contributed by atoms with Gasteiger partial charge in [0.15, 0.2) is 0 Å². The highest BCUT2D eigenvalue weighted by Crippen LogP contribution is 2.36. The fourth-order valence-corrected chi connectivity index (χ4v) is 6.00. The second-order valence-electron chi connectivity index (χ2n) is 9.22. The summed E-state index contributed by atoms with van der Waals surface area (Å²) in [6.45, 7) is 4.54. The van der Waals surface area contributed by atoms with Crippen molar-refractivity contribution in [1.82, 2.24) is 20.1 Å². The summed E-state index contributed by atoms with van der Waals surface area (Å²) in [5.74, 6) is 1.05. The van der Waals surface area contributed by atoms with Gasteiger partial charge in [-0.3, -0.25) is 14.9 Å². The van der Waals surface area contributed by atoms with Crippen molar-refractivity contribution in [1.29, 1.82) is 0 Å². The Labute approximate surface area is 209 Å². The van der Waals surface area contributed by atoms with Gasteiger partial charge in [-0.2, -0.15) is 5.10 Å². The summed E-state index contributed by atoms with van der Waals surface area (Å²) in [6, 6.07) is 7.24. The molecule has 188 valence electrons. The Balaban J connectivity index is 1.35. The number of pyridine rings is 1. The Hall–Kier alpha value is -2.65. The van der Waals surface area contributed by atoms with Gasteiger partial charge in [-0.05, 0) is 74.4 Å². The molecule has 0 saturated carbocycles. The lowest BCUT2D eigenvalue weighted by Crippen LogP contribution is -2.42. The molecule has 0 unspecified atom stereocenters. The van der Waals surface area contributed by atoms with Crippen LogP contribution in [0, 0.1) is 18.8 Å². The number of carboxylic acids is 1. The molecule has 2 aromatic heterocycles. The Bertz CT molecular complexity index is 1140. The van der Waals surface area contributed by atoms with E-state index in [1.54, 1.807) is 31.1 Å². The number of thioether (sulfide) groups is 1. The lowest BCUT2D eigenvalue weighted by Gasteiger charge is -2.38. The molecule has 3 atom stereocenters. The third kappa shape index (κ3) is 6.52. The van der Waals surface area contributed by atoms with Crippen LogP contribution in [0.1, 0.15) is 43.1 Å². The molecule has 0 amide bonds. The first-order valence-electron chi connectivity index (χ1n) is 12.1. The van der Waals surface area contributed by atoms with Gasteiger partial charge in [-0.15, -0.1) is 11.8 Å². The summed E-state index contributed by atoms with van der Waals surface area (Å²) < 4.78 is 20.8. The number of nitrogens with one attached hydrogen (secondary N) is 1. The molecule has 1 aliphatic heterocycles. The topological polar surface area (TPSA) is 91.3 Å². The molecule has 1 aliphatic rings. The zero-order valence-corrected chi connectivity index (χ0v) is 21.1. The number of aromatic amines is 1. The highest BCUT2D eigenvalue weighted by Gasteiger charge is 2.31. The second-order valence-corrected chi connectivity index (χ2v) is 10.4. The molecule has 1 aromatic carbocycles. The van der Waals surface area contributed by atoms with Crippen LogP contribution >= 0.6 is 11.8 Å². The van der Waals surface area contributed by atoms with Crippen LogP contribution in [-0.4, -0.2) is 63.7 Å². The number of likely N-dealkylation sites (tertiary alicyclic amines) is 1. The molecule has 2 N–H and O–H groups in total. The molecular formula is C26H33FN4O3S. The molecule has 3 heterocycles. The molecule has 35 heavy (non-hydrogen) atoms. The molecule has 9 heteroatoms. The number of aryl methyl sites for hydroxylation is 1. The molecule has 4 rings (SSSR count). The first kappa shape index (κ1) is 25.4. The van der Waals surface area contributed by atoms with Crippen LogP contribution < -0.4 is 4.74 Å². The number of carbonyl (C=O) groups is 1. The number of H-pyrrole nitrogens is 1. The van der Waals surface area contributed by atoms with Crippen LogP contribution in [0.4, 0.5) is 4.39 Å². The van der Waals surface area contributed by atoms with Gasteiger partial charge in [0.25, 0.3) is 0 Å². The van der Waals surface area contributed by atoms with Crippen molar-refractivity contribution in [3.8, 4) is 5.75 Å². The minimum Gasteiger partial charge on any atom is -0.497 e. The van der Waals surface area contributed by atoms with Crippen LogP contribution in [0.25, 0.3) is 10.9 Å². The summed E-state index contributed by atoms with van der Waals surface area (Å²) in [6.07, 6.45) is 4.48. The second kappa shape index (κ2) is 11.9. The number of carboxylic acid groups (broad SMARTS) is 1. The van der Waals surface area contributed by atoms with Gasteiger partial charge in [0, 0.05) is 47.9 Å². The lowest BCUT2D eigenvalue weighted by molar-refractivity contribution is -0.139. The fraction of sp³-hybridized carbons (Fsp3) is 0.500. The maximum atomic E-state index is 15.4. The molecule has 3 aromatic rings. The number of methoxy groups -OCH3 is 1. The summed E-state index contributed by atoms with van der Waals surface area (Å²) in [5, 5.41) is 17.3. The molecule has 0 aliphatic carbocycles. The zero-order chi connectivity index (χ0) is 24.8. The van der Waals surface area contributed by atoms with Crippen molar-refractivity contribution in [2.45, 2.75) is 43.7 Å². The Morgan fingerprint density at radius 3 is 2.97 bits per heavy atom. The molecule has 0 spiro atoms. The van der Waals surface area contributed by atoms with Crippen LogP contribution in [0.15, 0.2) is 41.6 Å². The summed E-state index contributed by atoms with van der Waals surface area (Å²) in [7, 11) is 1.59. The SMILES string of the molecule is COc1ccc2nccc([C@H](F)CC[C@@H]3CCN(CCSc4c[nH]nc4C)C[C@@H]3CC(=O)O)c2c1.